The summed E-state index contributed by atoms with van der Waals surface area (Å²) in [5, 5.41) is 12.8. The first kappa shape index (κ1) is 14.9. The van der Waals surface area contributed by atoms with Gasteiger partial charge in [0.2, 0.25) is 5.91 Å². The first-order chi connectivity index (χ1) is 9.82. The van der Waals surface area contributed by atoms with Crippen LogP contribution in [0.2, 0.25) is 5.02 Å². The predicted octanol–water partition coefficient (Wildman–Crippen LogP) is 0.735. The number of hydrogen-bond acceptors (Lipinski definition) is 5. The maximum absolute atomic E-state index is 12.1. The largest absolute Gasteiger partial charge is 0.340 e. The predicted molar refractivity (Wildman–Crippen MR) is 71.8 cm³/mol. The van der Waals surface area contributed by atoms with E-state index >= 15 is 0 Å². The van der Waals surface area contributed by atoms with Gasteiger partial charge < -0.3 is 5.32 Å². The van der Waals surface area contributed by atoms with Gasteiger partial charge in [0.25, 0.3) is 17.5 Å². The Morgan fingerprint density at radius 2 is 2.14 bits per heavy atom. The third kappa shape index (κ3) is 2.70. The fourth-order valence-electron chi connectivity index (χ4n) is 1.94. The van der Waals surface area contributed by atoms with Gasteiger partial charge in [0, 0.05) is 13.1 Å². The van der Waals surface area contributed by atoms with E-state index in [1.165, 1.54) is 19.2 Å². The number of imide groups is 1. The molecular weight excluding hydrogens is 302 g/mol. The van der Waals surface area contributed by atoms with Crippen LogP contribution in [0.25, 0.3) is 0 Å². The summed E-state index contributed by atoms with van der Waals surface area (Å²) in [6.45, 7) is 0. The van der Waals surface area contributed by atoms with Crippen molar-refractivity contribution in [3.63, 3.8) is 0 Å². The number of halogens is 1. The summed E-state index contributed by atoms with van der Waals surface area (Å²) >= 11 is 5.81. The number of nitrogens with one attached hydrogen (secondary N) is 1. The van der Waals surface area contributed by atoms with Crippen LogP contribution in [0.4, 0.5) is 5.69 Å². The van der Waals surface area contributed by atoms with Gasteiger partial charge >= 0.3 is 0 Å². The maximum Gasteiger partial charge on any atom is 0.288 e. The molecule has 1 N–H and O–H groups in total. The topological polar surface area (TPSA) is 110 Å². The Kier molecular flexibility index (Phi) is 3.90. The Labute approximate surface area is 123 Å². The average Bonchev–Trinajstić information content (AvgIpc) is 2.66. The van der Waals surface area contributed by atoms with E-state index in [1.54, 1.807) is 0 Å². The number of benzene rings is 1. The van der Waals surface area contributed by atoms with Crippen LogP contribution in [0.5, 0.6) is 0 Å². The molecule has 3 amide bonds. The normalized spacial score (nSPS) is 18.0. The molecule has 0 saturated carbocycles. The lowest BCUT2D eigenvalue weighted by Crippen LogP contribution is -2.40. The molecule has 1 atom stereocenters. The quantitative estimate of drug-likeness (QED) is 0.503. The van der Waals surface area contributed by atoms with Gasteiger partial charge in [-0.25, -0.2) is 0 Å². The summed E-state index contributed by atoms with van der Waals surface area (Å²) in [6.07, 6.45) is -0.145. The minimum absolute atomic E-state index is 0.124. The van der Waals surface area contributed by atoms with E-state index < -0.39 is 34.4 Å². The molecule has 1 saturated heterocycles. The van der Waals surface area contributed by atoms with Crippen molar-refractivity contribution in [3.05, 3.63) is 38.9 Å². The lowest BCUT2D eigenvalue weighted by atomic mass is 10.1. The monoisotopic (exact) mass is 311 g/mol. The van der Waals surface area contributed by atoms with Gasteiger partial charge in [-0.05, 0) is 6.07 Å². The molecule has 110 valence electrons. The molecule has 2 rings (SSSR count). The van der Waals surface area contributed by atoms with E-state index in [4.69, 9.17) is 11.6 Å². The fourth-order valence-corrected chi connectivity index (χ4v) is 2.22. The Hall–Kier alpha value is -2.48. The van der Waals surface area contributed by atoms with Crippen molar-refractivity contribution in [1.29, 1.82) is 0 Å². The van der Waals surface area contributed by atoms with Crippen LogP contribution < -0.4 is 5.32 Å². The van der Waals surface area contributed by atoms with E-state index in [9.17, 15) is 24.5 Å². The second-order valence-electron chi connectivity index (χ2n) is 4.42. The number of hydrogen-bond donors (Lipinski definition) is 1. The summed E-state index contributed by atoms with van der Waals surface area (Å²) in [4.78, 5) is 46.1. The zero-order chi connectivity index (χ0) is 15.7. The molecule has 1 heterocycles. The van der Waals surface area contributed by atoms with Gasteiger partial charge in [-0.15, -0.1) is 0 Å². The molecule has 9 heteroatoms. The highest BCUT2D eigenvalue weighted by atomic mass is 35.5. The van der Waals surface area contributed by atoms with E-state index in [1.807, 2.05) is 0 Å². The highest BCUT2D eigenvalue weighted by Crippen LogP contribution is 2.27. The van der Waals surface area contributed by atoms with Gasteiger partial charge in [0.05, 0.1) is 16.9 Å². The van der Waals surface area contributed by atoms with E-state index in [-0.39, 0.29) is 17.0 Å². The van der Waals surface area contributed by atoms with Crippen LogP contribution >= 0.6 is 11.6 Å². The molecule has 0 spiro atoms. The molecule has 1 fully saturated rings. The summed E-state index contributed by atoms with van der Waals surface area (Å²) in [7, 11) is 1.32. The second kappa shape index (κ2) is 5.49. The first-order valence-electron chi connectivity index (χ1n) is 5.87. The number of nitrogens with zero attached hydrogens (tertiary/aromatic N) is 2. The molecule has 0 aromatic heterocycles. The summed E-state index contributed by atoms with van der Waals surface area (Å²) in [5.74, 6) is -1.68. The van der Waals surface area contributed by atoms with Gasteiger partial charge in [0.15, 0.2) is 0 Å². The van der Waals surface area contributed by atoms with Gasteiger partial charge in [-0.1, -0.05) is 17.7 Å². The Bertz CT molecular complexity index is 660. The molecule has 8 nitrogen and oxygen atoms in total. The second-order valence-corrected chi connectivity index (χ2v) is 4.79. The number of carbonyl (C=O) groups is 3. The highest BCUT2D eigenvalue weighted by molar-refractivity contribution is 6.36. The van der Waals surface area contributed by atoms with Gasteiger partial charge in [-0.2, -0.15) is 0 Å². The average molecular weight is 312 g/mol. The smallest absolute Gasteiger partial charge is 0.288 e. The molecule has 1 aliphatic heterocycles. The van der Waals surface area contributed by atoms with E-state index in [2.05, 4.69) is 5.32 Å². The number of likely N-dealkylation sites (tertiary alicyclic amines) is 1. The van der Waals surface area contributed by atoms with Crippen LogP contribution in [0.15, 0.2) is 18.2 Å². The molecule has 0 aliphatic carbocycles. The minimum atomic E-state index is -0.981. The fraction of sp³-hybridized carbons (Fsp3) is 0.250. The van der Waals surface area contributed by atoms with Crippen molar-refractivity contribution in [2.75, 3.05) is 7.05 Å². The first-order valence-corrected chi connectivity index (χ1v) is 6.25. The Morgan fingerprint density at radius 1 is 1.48 bits per heavy atom. The standard InChI is InChI=1S/C12H10ClN3O5/c1-15-9(17)5-7(12(15)19)14-11(18)6-3-2-4-8(10(6)13)16(20)21/h2-4,7H,5H2,1H3,(H,14,18). The molecule has 0 bridgehead atoms. The molecule has 1 aromatic rings. The summed E-state index contributed by atoms with van der Waals surface area (Å²) in [5.41, 5.74) is -0.532. The molecular formula is C12H10ClN3O5. The zero-order valence-corrected chi connectivity index (χ0v) is 11.6. The third-order valence-corrected chi connectivity index (χ3v) is 3.50. The van der Waals surface area contributed by atoms with Crippen molar-refractivity contribution < 1.29 is 19.3 Å². The number of amides is 3. The lowest BCUT2D eigenvalue weighted by Gasteiger charge is -2.11. The van der Waals surface area contributed by atoms with Gasteiger partial charge in [0.1, 0.15) is 11.1 Å². The van der Waals surface area contributed by atoms with Crippen LogP contribution in [0.3, 0.4) is 0 Å². The number of nitro benzene ring substituents is 1. The van der Waals surface area contributed by atoms with Crippen LogP contribution in [-0.4, -0.2) is 40.6 Å². The Morgan fingerprint density at radius 3 is 2.67 bits per heavy atom. The molecule has 0 radical (unpaired) electrons. The van der Waals surface area contributed by atoms with Crippen LogP contribution in [0, 0.1) is 10.1 Å². The zero-order valence-electron chi connectivity index (χ0n) is 10.8. The van der Waals surface area contributed by atoms with Crippen molar-refractivity contribution in [2.45, 2.75) is 12.5 Å². The molecule has 1 unspecified atom stereocenters. The van der Waals surface area contributed by atoms with Crippen molar-refractivity contribution >= 4 is 35.0 Å². The third-order valence-electron chi connectivity index (χ3n) is 3.11. The van der Waals surface area contributed by atoms with E-state index in [0.717, 1.165) is 11.0 Å². The van der Waals surface area contributed by atoms with E-state index in [0.29, 0.717) is 0 Å². The summed E-state index contributed by atoms with van der Waals surface area (Å²) < 4.78 is 0. The molecule has 21 heavy (non-hydrogen) atoms. The number of nitro groups is 1. The molecule has 1 aromatic carbocycles. The molecule has 1 aliphatic rings. The number of rotatable bonds is 3. The number of likely N-dealkylation sites (N-methyl/N-ethyl adjacent to an activating group) is 1. The lowest BCUT2D eigenvalue weighted by molar-refractivity contribution is -0.384. The van der Waals surface area contributed by atoms with Gasteiger partial charge in [-0.3, -0.25) is 29.4 Å². The maximum atomic E-state index is 12.1. The Balaban J connectivity index is 2.22. The minimum Gasteiger partial charge on any atom is -0.340 e. The van der Waals surface area contributed by atoms with Crippen LogP contribution in [0.1, 0.15) is 16.8 Å². The van der Waals surface area contributed by atoms with Crippen molar-refractivity contribution in [1.82, 2.24) is 10.2 Å². The van der Waals surface area contributed by atoms with Crippen molar-refractivity contribution in [2.24, 2.45) is 0 Å². The SMILES string of the molecule is CN1C(=O)CC(NC(=O)c2cccc([N+](=O)[O-])c2Cl)C1=O. The van der Waals surface area contributed by atoms with Crippen LogP contribution in [-0.2, 0) is 9.59 Å². The number of carbonyl (C=O) groups excluding carboxylic acids is 3. The highest BCUT2D eigenvalue weighted by Gasteiger charge is 2.37. The summed E-state index contributed by atoms with van der Waals surface area (Å²) in [6, 6.07) is 2.80. The van der Waals surface area contributed by atoms with Crippen molar-refractivity contribution in [3.8, 4) is 0 Å².